The molecule has 0 saturated carbocycles. The van der Waals surface area contributed by atoms with Crippen molar-refractivity contribution < 1.29 is 33.3 Å². The molecule has 2 amide bonds. The van der Waals surface area contributed by atoms with Gasteiger partial charge in [0.1, 0.15) is 6.29 Å². The van der Waals surface area contributed by atoms with Crippen LogP contribution in [0.2, 0.25) is 0 Å². The highest BCUT2D eigenvalue weighted by atomic mass is 16.6. The van der Waals surface area contributed by atoms with Gasteiger partial charge in [-0.1, -0.05) is 0 Å². The second-order valence-electron chi connectivity index (χ2n) is 5.06. The summed E-state index contributed by atoms with van der Waals surface area (Å²) >= 11 is 0. The highest BCUT2D eigenvalue weighted by Crippen LogP contribution is 1.83. The zero-order valence-electron chi connectivity index (χ0n) is 15.4. The fourth-order valence-electron chi connectivity index (χ4n) is 1.62. The number of ether oxygens (including phenoxy) is 4. The molecule has 0 radical (unpaired) electrons. The summed E-state index contributed by atoms with van der Waals surface area (Å²) in [6.45, 7) is 4.00. The summed E-state index contributed by atoms with van der Waals surface area (Å²) in [5.74, 6) is -0.493. The van der Waals surface area contributed by atoms with E-state index >= 15 is 0 Å². The lowest BCUT2D eigenvalue weighted by Gasteiger charge is -2.08. The van der Waals surface area contributed by atoms with Crippen LogP contribution in [0.25, 0.3) is 0 Å². The maximum atomic E-state index is 11.4. The Kier molecular flexibility index (Phi) is 18.5. The Labute approximate surface area is 154 Å². The van der Waals surface area contributed by atoms with Gasteiger partial charge in [-0.3, -0.25) is 9.59 Å². The van der Waals surface area contributed by atoms with Crippen LogP contribution in [-0.4, -0.2) is 97.6 Å². The average molecular weight is 377 g/mol. The van der Waals surface area contributed by atoms with Gasteiger partial charge in [0, 0.05) is 13.0 Å². The Morgan fingerprint density at radius 2 is 1.23 bits per heavy atom. The van der Waals surface area contributed by atoms with E-state index in [4.69, 9.17) is 18.9 Å². The predicted octanol–water partition coefficient (Wildman–Crippen LogP) is -1.91. The van der Waals surface area contributed by atoms with Crippen LogP contribution in [-0.2, 0) is 33.3 Å². The summed E-state index contributed by atoms with van der Waals surface area (Å²) in [4.78, 5) is 32.6. The highest BCUT2D eigenvalue weighted by molar-refractivity contribution is 5.85. The minimum Gasteiger partial charge on any atom is -0.379 e. The minimum atomic E-state index is -0.262. The number of nitrogens with one attached hydrogen (secondary N) is 3. The summed E-state index contributed by atoms with van der Waals surface area (Å²) in [6.07, 6.45) is 1.22. The molecule has 0 rings (SSSR count). The van der Waals surface area contributed by atoms with Crippen LogP contribution in [0.5, 0.6) is 0 Å². The topological polar surface area (TPSA) is 124 Å². The first-order valence-corrected chi connectivity index (χ1v) is 8.63. The Morgan fingerprint density at radius 1 is 0.731 bits per heavy atom. The average Bonchev–Trinajstić information content (AvgIpc) is 2.63. The first-order valence-electron chi connectivity index (χ1n) is 8.63. The molecule has 3 N–H and O–H groups in total. The molecule has 0 aliphatic carbocycles. The van der Waals surface area contributed by atoms with Gasteiger partial charge in [0.2, 0.25) is 11.8 Å². The zero-order chi connectivity index (χ0) is 19.3. The summed E-state index contributed by atoms with van der Waals surface area (Å²) in [5.41, 5.74) is 0. The van der Waals surface area contributed by atoms with E-state index in [0.29, 0.717) is 65.8 Å². The van der Waals surface area contributed by atoms with Gasteiger partial charge in [-0.05, 0) is 7.05 Å². The molecule has 0 atom stereocenters. The van der Waals surface area contributed by atoms with Crippen LogP contribution in [0.1, 0.15) is 6.42 Å². The minimum absolute atomic E-state index is 0.0498. The van der Waals surface area contributed by atoms with Crippen LogP contribution in [0.3, 0.4) is 0 Å². The third-order valence-electron chi connectivity index (χ3n) is 2.85. The van der Waals surface area contributed by atoms with E-state index in [0.717, 1.165) is 6.29 Å². The second-order valence-corrected chi connectivity index (χ2v) is 5.06. The molecule has 0 unspecified atom stereocenters. The molecule has 0 aliphatic heterocycles. The van der Waals surface area contributed by atoms with Crippen LogP contribution in [0, 0.1) is 0 Å². The van der Waals surface area contributed by atoms with Crippen LogP contribution in [0.15, 0.2) is 0 Å². The number of rotatable bonds is 19. The van der Waals surface area contributed by atoms with Crippen molar-refractivity contribution in [1.29, 1.82) is 0 Å². The fraction of sp³-hybridized carbons (Fsp3) is 0.812. The largest absolute Gasteiger partial charge is 0.379 e. The van der Waals surface area contributed by atoms with Gasteiger partial charge in [0.25, 0.3) is 0 Å². The van der Waals surface area contributed by atoms with E-state index in [-0.39, 0.29) is 24.9 Å². The number of carbonyl (C=O) groups is 3. The normalized spacial score (nSPS) is 10.5. The number of hydrogen-bond donors (Lipinski definition) is 3. The standard InChI is InChI=1S/C16H31N3O7/c1-17-13-15(21)19-14-16(22)18-3-6-24-8-10-26-12-11-25-9-7-23-5-2-4-20/h4,17H,2-3,5-14H2,1H3,(H,18,22)(H,19,21). The Hall–Kier alpha value is -1.59. The van der Waals surface area contributed by atoms with Crippen LogP contribution in [0.4, 0.5) is 0 Å². The van der Waals surface area contributed by atoms with Crippen molar-refractivity contribution in [3.63, 3.8) is 0 Å². The maximum Gasteiger partial charge on any atom is 0.239 e. The van der Waals surface area contributed by atoms with E-state index < -0.39 is 0 Å². The molecule has 0 fully saturated rings. The SMILES string of the molecule is CNCC(=O)NCC(=O)NCCOCCOCCOCCOCCC=O. The monoisotopic (exact) mass is 377 g/mol. The number of amides is 2. The lowest BCUT2D eigenvalue weighted by atomic mass is 10.5. The van der Waals surface area contributed by atoms with E-state index in [1.54, 1.807) is 7.05 Å². The van der Waals surface area contributed by atoms with Gasteiger partial charge in [-0.15, -0.1) is 0 Å². The number of hydrogen-bond acceptors (Lipinski definition) is 8. The lowest BCUT2D eigenvalue weighted by Crippen LogP contribution is -2.40. The summed E-state index contributed by atoms with van der Waals surface area (Å²) in [6, 6.07) is 0. The fourth-order valence-corrected chi connectivity index (χ4v) is 1.62. The smallest absolute Gasteiger partial charge is 0.239 e. The van der Waals surface area contributed by atoms with Gasteiger partial charge >= 0.3 is 0 Å². The van der Waals surface area contributed by atoms with Crippen molar-refractivity contribution in [2.75, 3.05) is 79.5 Å². The Bertz CT molecular complexity index is 370. The van der Waals surface area contributed by atoms with Crippen LogP contribution >= 0.6 is 0 Å². The van der Waals surface area contributed by atoms with Crippen molar-refractivity contribution >= 4 is 18.1 Å². The number of likely N-dealkylation sites (N-methyl/N-ethyl adjacent to an activating group) is 1. The molecule has 0 aromatic heterocycles. The van der Waals surface area contributed by atoms with E-state index in [1.807, 2.05) is 0 Å². The molecule has 0 bridgehead atoms. The van der Waals surface area contributed by atoms with Gasteiger partial charge in [-0.25, -0.2) is 0 Å². The number of aldehydes is 1. The molecule has 10 heteroatoms. The van der Waals surface area contributed by atoms with Gasteiger partial charge < -0.3 is 39.7 Å². The highest BCUT2D eigenvalue weighted by Gasteiger charge is 2.03. The van der Waals surface area contributed by atoms with Crippen LogP contribution < -0.4 is 16.0 Å². The molecule has 26 heavy (non-hydrogen) atoms. The third-order valence-corrected chi connectivity index (χ3v) is 2.85. The van der Waals surface area contributed by atoms with Gasteiger partial charge in [0.05, 0.1) is 65.9 Å². The van der Waals surface area contributed by atoms with E-state index in [1.165, 1.54) is 0 Å². The summed E-state index contributed by atoms with van der Waals surface area (Å²) < 4.78 is 21.0. The van der Waals surface area contributed by atoms with Gasteiger partial charge in [-0.2, -0.15) is 0 Å². The first kappa shape index (κ1) is 24.4. The molecule has 0 aliphatic rings. The molecule has 10 nitrogen and oxygen atoms in total. The second kappa shape index (κ2) is 19.7. The van der Waals surface area contributed by atoms with Crippen molar-refractivity contribution in [2.45, 2.75) is 6.42 Å². The quantitative estimate of drug-likeness (QED) is 0.176. The summed E-state index contributed by atoms with van der Waals surface area (Å²) in [7, 11) is 1.66. The molecule has 0 aromatic rings. The van der Waals surface area contributed by atoms with Gasteiger partial charge in [0.15, 0.2) is 0 Å². The number of carbonyl (C=O) groups excluding carboxylic acids is 3. The molecular formula is C16H31N3O7. The molecule has 0 spiro atoms. The predicted molar refractivity (Wildman–Crippen MR) is 93.9 cm³/mol. The third kappa shape index (κ3) is 18.7. The Balaban J connectivity index is 3.18. The molecule has 152 valence electrons. The molecule has 0 saturated heterocycles. The van der Waals surface area contributed by atoms with Crippen molar-refractivity contribution in [3.8, 4) is 0 Å². The summed E-state index contributed by atoms with van der Waals surface area (Å²) in [5, 5.41) is 7.80. The maximum absolute atomic E-state index is 11.4. The van der Waals surface area contributed by atoms with Crippen molar-refractivity contribution in [3.05, 3.63) is 0 Å². The molecular weight excluding hydrogens is 346 g/mol. The lowest BCUT2D eigenvalue weighted by molar-refractivity contribution is -0.125. The molecule has 0 heterocycles. The molecule has 0 aromatic carbocycles. The van der Waals surface area contributed by atoms with E-state index in [2.05, 4.69) is 16.0 Å². The first-order chi connectivity index (χ1) is 12.7. The van der Waals surface area contributed by atoms with Crippen molar-refractivity contribution in [1.82, 2.24) is 16.0 Å². The van der Waals surface area contributed by atoms with E-state index in [9.17, 15) is 14.4 Å². The Morgan fingerprint density at radius 3 is 1.77 bits per heavy atom. The van der Waals surface area contributed by atoms with Crippen molar-refractivity contribution in [2.24, 2.45) is 0 Å². The zero-order valence-corrected chi connectivity index (χ0v) is 15.4.